The van der Waals surface area contributed by atoms with Crippen LogP contribution in [0.4, 0.5) is 0 Å². The van der Waals surface area contributed by atoms with Crippen LogP contribution in [0.25, 0.3) is 0 Å². The molecule has 0 aromatic carbocycles. The summed E-state index contributed by atoms with van der Waals surface area (Å²) in [6.07, 6.45) is 6.72. The second-order valence-corrected chi connectivity index (χ2v) is 3.40. The third-order valence-corrected chi connectivity index (χ3v) is 2.23. The molecular formula is C19H18Co2O10. The molecule has 12 heteroatoms. The molecule has 0 N–H and O–H groups in total. The number of carbonyl (C=O) groups excluding carboxylic acids is 2. The van der Waals surface area contributed by atoms with Crippen molar-refractivity contribution < 1.29 is 80.5 Å². The van der Waals surface area contributed by atoms with Gasteiger partial charge in [-0.05, 0) is 20.3 Å². The molecule has 0 aliphatic heterocycles. The molecule has 0 heterocycles. The van der Waals surface area contributed by atoms with Crippen molar-refractivity contribution in [2.75, 3.05) is 13.2 Å². The number of hydrogen-bond donors (Lipinski definition) is 0. The summed E-state index contributed by atoms with van der Waals surface area (Å²) in [5.74, 6) is 1.01. The zero-order valence-electron chi connectivity index (χ0n) is 16.4. The number of ether oxygens (including phenoxy) is 2. The Morgan fingerprint density at radius 1 is 0.839 bits per heavy atom. The molecule has 0 fully saturated rings. The molecule has 172 valence electrons. The van der Waals surface area contributed by atoms with E-state index in [4.69, 9.17) is 43.8 Å². The topological polar surface area (TPSA) is 172 Å². The molecule has 0 saturated carbocycles. The van der Waals surface area contributed by atoms with Gasteiger partial charge in [0.1, 0.15) is 0 Å². The van der Waals surface area contributed by atoms with Gasteiger partial charge in [0.25, 0.3) is 0 Å². The molecule has 0 aliphatic carbocycles. The zero-order chi connectivity index (χ0) is 25.3. The summed E-state index contributed by atoms with van der Waals surface area (Å²) in [6, 6.07) is 0. The summed E-state index contributed by atoms with van der Waals surface area (Å²) in [7, 11) is 0. The van der Waals surface area contributed by atoms with Gasteiger partial charge in [-0.2, -0.15) is 0 Å². The van der Waals surface area contributed by atoms with Crippen LogP contribution in [0.1, 0.15) is 26.7 Å². The first kappa shape index (κ1) is 56.7. The summed E-state index contributed by atoms with van der Waals surface area (Å²) in [5.41, 5.74) is -1.46. The number of allylic oxidation sites excluding steroid dienone is 1. The van der Waals surface area contributed by atoms with Crippen LogP contribution < -0.4 is 0 Å². The zero-order valence-corrected chi connectivity index (χ0v) is 18.5. The summed E-state index contributed by atoms with van der Waals surface area (Å²) in [6.45, 7) is 34.2. The Labute approximate surface area is 202 Å². The van der Waals surface area contributed by atoms with Crippen molar-refractivity contribution in [3.63, 3.8) is 0 Å². The van der Waals surface area contributed by atoms with Crippen molar-refractivity contribution in [1.29, 1.82) is 0 Å². The van der Waals surface area contributed by atoms with Gasteiger partial charge in [-0.1, -0.05) is 6.08 Å². The van der Waals surface area contributed by atoms with Gasteiger partial charge in [-0.25, -0.2) is 0 Å². The average molecular weight is 524 g/mol. The van der Waals surface area contributed by atoms with Gasteiger partial charge in [-0.15, -0.1) is 18.9 Å². The Hall–Kier alpha value is -2.31. The minimum atomic E-state index is -1.46. The normalized spacial score (nSPS) is 5.97. The van der Waals surface area contributed by atoms with Crippen molar-refractivity contribution in [1.82, 2.24) is 0 Å². The minimum Gasteiger partial charge on any atom is 0 e. The molecule has 0 rings (SSSR count). The molecule has 0 amide bonds. The smallest absolute Gasteiger partial charge is 0 e. The molecule has 2 radical (unpaired) electrons. The molecule has 0 aromatic heterocycles. The van der Waals surface area contributed by atoms with Crippen LogP contribution in [0.5, 0.6) is 0 Å². The SMILES string of the molecule is C#CCC(CC=C)(C(=O)OCC)C(=O)OCC.[C-]#[O+].[C-]#[O+].[C-]#[O+].[C-]#[O+].[C-]#[O+].[C-]#[O+].[Co].[Co]. The molecule has 0 atom stereocenters. The summed E-state index contributed by atoms with van der Waals surface area (Å²) in [5, 5.41) is 0. The molecule has 0 aromatic rings. The first-order chi connectivity index (χ1) is 14.1. The Morgan fingerprint density at radius 3 is 1.26 bits per heavy atom. The Bertz CT molecular complexity index is 502. The third kappa shape index (κ3) is 32.6. The van der Waals surface area contributed by atoms with Crippen molar-refractivity contribution >= 4 is 11.9 Å². The fourth-order valence-electron chi connectivity index (χ4n) is 1.43. The van der Waals surface area contributed by atoms with Crippen LogP contribution in [-0.4, -0.2) is 25.2 Å². The molecule has 0 saturated heterocycles. The average Bonchev–Trinajstić information content (AvgIpc) is 2.82. The van der Waals surface area contributed by atoms with Gasteiger partial charge >= 0.3 is 79.8 Å². The van der Waals surface area contributed by atoms with E-state index in [9.17, 15) is 9.59 Å². The van der Waals surface area contributed by atoms with E-state index < -0.39 is 17.4 Å². The minimum absolute atomic E-state index is 0. The number of rotatable bonds is 7. The van der Waals surface area contributed by atoms with Crippen LogP contribution in [-0.2, 0) is 80.5 Å². The molecule has 31 heavy (non-hydrogen) atoms. The van der Waals surface area contributed by atoms with Gasteiger partial charge in [0.2, 0.25) is 0 Å². The first-order valence-electron chi connectivity index (χ1n) is 6.70. The van der Waals surface area contributed by atoms with Crippen LogP contribution >= 0.6 is 0 Å². The molecule has 0 aliphatic rings. The van der Waals surface area contributed by atoms with Gasteiger partial charge in [-0.3, -0.25) is 9.59 Å². The Kier molecular flexibility index (Phi) is 115. The second kappa shape index (κ2) is 63.0. The van der Waals surface area contributed by atoms with E-state index in [2.05, 4.69) is 52.4 Å². The largest absolute Gasteiger partial charge is 0 e. The second-order valence-electron chi connectivity index (χ2n) is 3.40. The predicted octanol–water partition coefficient (Wildman–Crippen LogP) is 1.47. The third-order valence-electron chi connectivity index (χ3n) is 2.23. The molecule has 0 spiro atoms. The van der Waals surface area contributed by atoms with Crippen molar-refractivity contribution in [3.05, 3.63) is 52.6 Å². The Balaban J connectivity index is -0.0000000424. The van der Waals surface area contributed by atoms with Gasteiger partial charge in [0, 0.05) is 40.0 Å². The maximum absolute atomic E-state index is 11.9. The summed E-state index contributed by atoms with van der Waals surface area (Å²) in [4.78, 5) is 23.8. The van der Waals surface area contributed by atoms with E-state index in [1.165, 1.54) is 6.08 Å². The summed E-state index contributed by atoms with van der Waals surface area (Å²) < 4.78 is 54.8. The fourth-order valence-corrected chi connectivity index (χ4v) is 1.43. The number of carbonyl (C=O) groups is 2. The van der Waals surface area contributed by atoms with Crippen molar-refractivity contribution in [2.24, 2.45) is 5.41 Å². The fraction of sp³-hybridized carbons (Fsp3) is 0.368. The van der Waals surface area contributed by atoms with Crippen molar-refractivity contribution in [3.8, 4) is 12.3 Å². The predicted molar refractivity (Wildman–Crippen MR) is 87.5 cm³/mol. The van der Waals surface area contributed by atoms with Crippen LogP contribution in [0.2, 0.25) is 0 Å². The van der Waals surface area contributed by atoms with Gasteiger partial charge in [0.05, 0.1) is 13.2 Å². The van der Waals surface area contributed by atoms with Crippen LogP contribution in [0.15, 0.2) is 12.7 Å². The van der Waals surface area contributed by atoms with Gasteiger partial charge in [0.15, 0.2) is 5.41 Å². The van der Waals surface area contributed by atoms with E-state index in [1.807, 2.05) is 0 Å². The van der Waals surface area contributed by atoms with Crippen molar-refractivity contribution in [2.45, 2.75) is 26.7 Å². The van der Waals surface area contributed by atoms with E-state index in [0.29, 0.717) is 0 Å². The van der Waals surface area contributed by atoms with E-state index in [1.54, 1.807) is 13.8 Å². The molecular weight excluding hydrogens is 506 g/mol. The maximum Gasteiger partial charge on any atom is 0 e. The van der Waals surface area contributed by atoms with E-state index in [-0.39, 0.29) is 59.6 Å². The van der Waals surface area contributed by atoms with Crippen LogP contribution in [0, 0.1) is 57.7 Å². The van der Waals surface area contributed by atoms with Gasteiger partial charge < -0.3 is 9.47 Å². The Morgan fingerprint density at radius 2 is 1.10 bits per heavy atom. The number of hydrogen-bond acceptors (Lipinski definition) is 4. The molecule has 0 unspecified atom stereocenters. The number of terminal acetylenes is 1. The van der Waals surface area contributed by atoms with E-state index >= 15 is 0 Å². The monoisotopic (exact) mass is 524 g/mol. The quantitative estimate of drug-likeness (QED) is 0.123. The molecule has 0 bridgehead atoms. The number of esters is 2. The first-order valence-corrected chi connectivity index (χ1v) is 6.70. The summed E-state index contributed by atoms with van der Waals surface area (Å²) >= 11 is 0. The molecule has 10 nitrogen and oxygen atoms in total. The van der Waals surface area contributed by atoms with Crippen LogP contribution in [0.3, 0.4) is 0 Å². The standard InChI is InChI=1S/C13H18O4.6CO.2Co/c1-5-9-13(10-6-2,11(14)16-7-3)12(15)17-8-4;6*1-2;;/h1,6H,2,7-10H2,3-4H3;;;;;;;;. The van der Waals surface area contributed by atoms with E-state index in [0.717, 1.165) is 0 Å². The maximum atomic E-state index is 11.9.